The van der Waals surface area contributed by atoms with Crippen molar-refractivity contribution in [2.75, 3.05) is 12.9 Å². The summed E-state index contributed by atoms with van der Waals surface area (Å²) in [6, 6.07) is 5.36. The standard InChI is InChI=1S/C11H11F2NO2S/c1-17-8-4-2-7(3-5-8)9-11(12,13)6-16-10(15)14-9/h2-5,9H,6H2,1H3,(H,14,15)/t9-/m1/s1. The molecule has 92 valence electrons. The number of thioether (sulfide) groups is 1. The molecule has 1 atom stereocenters. The van der Waals surface area contributed by atoms with Crippen LogP contribution in [0.2, 0.25) is 0 Å². The summed E-state index contributed by atoms with van der Waals surface area (Å²) in [5, 5.41) is 2.14. The first-order valence-corrected chi connectivity index (χ1v) is 6.20. The van der Waals surface area contributed by atoms with Crippen molar-refractivity contribution in [3.8, 4) is 0 Å². The normalized spacial score (nSPS) is 22.8. The fourth-order valence-corrected chi connectivity index (χ4v) is 2.04. The molecule has 1 saturated heterocycles. The van der Waals surface area contributed by atoms with Crippen molar-refractivity contribution < 1.29 is 18.3 Å². The first-order chi connectivity index (χ1) is 8.03. The number of carbonyl (C=O) groups excluding carboxylic acids is 1. The van der Waals surface area contributed by atoms with Crippen LogP contribution in [0.5, 0.6) is 0 Å². The van der Waals surface area contributed by atoms with Gasteiger partial charge in [0.25, 0.3) is 0 Å². The molecule has 1 aliphatic rings. The van der Waals surface area contributed by atoms with Crippen LogP contribution in [0.3, 0.4) is 0 Å². The number of benzene rings is 1. The smallest absolute Gasteiger partial charge is 0.408 e. The molecule has 3 nitrogen and oxygen atoms in total. The molecule has 17 heavy (non-hydrogen) atoms. The van der Waals surface area contributed by atoms with Crippen molar-refractivity contribution in [3.05, 3.63) is 29.8 Å². The highest BCUT2D eigenvalue weighted by Gasteiger charge is 2.46. The third-order valence-corrected chi connectivity index (χ3v) is 3.27. The van der Waals surface area contributed by atoms with Crippen molar-refractivity contribution in [2.24, 2.45) is 0 Å². The SMILES string of the molecule is CSc1ccc([C@H]2NC(=O)OCC2(F)F)cc1. The molecule has 1 N–H and O–H groups in total. The third-order valence-electron chi connectivity index (χ3n) is 2.53. The van der Waals surface area contributed by atoms with Gasteiger partial charge in [-0.15, -0.1) is 11.8 Å². The van der Waals surface area contributed by atoms with Gasteiger partial charge < -0.3 is 10.1 Å². The minimum absolute atomic E-state index is 0.379. The van der Waals surface area contributed by atoms with E-state index in [-0.39, 0.29) is 0 Å². The van der Waals surface area contributed by atoms with E-state index in [1.807, 2.05) is 6.26 Å². The third kappa shape index (κ3) is 2.52. The van der Waals surface area contributed by atoms with Gasteiger partial charge in [-0.05, 0) is 24.0 Å². The Morgan fingerprint density at radius 1 is 1.41 bits per heavy atom. The summed E-state index contributed by atoms with van der Waals surface area (Å²) in [5.41, 5.74) is 0.379. The van der Waals surface area contributed by atoms with E-state index in [0.29, 0.717) is 5.56 Å². The van der Waals surface area contributed by atoms with Crippen LogP contribution in [-0.4, -0.2) is 24.9 Å². The summed E-state index contributed by atoms with van der Waals surface area (Å²) in [6.07, 6.45) is 1.09. The maximum atomic E-state index is 13.6. The number of rotatable bonds is 2. The molecule has 0 radical (unpaired) electrons. The second kappa shape index (κ2) is 4.52. The van der Waals surface area contributed by atoms with Gasteiger partial charge in [0.1, 0.15) is 6.04 Å². The molecule has 2 rings (SSSR count). The Morgan fingerprint density at radius 2 is 2.06 bits per heavy atom. The number of hydrogen-bond donors (Lipinski definition) is 1. The second-order valence-corrected chi connectivity index (χ2v) is 4.57. The molecule has 0 aromatic heterocycles. The largest absolute Gasteiger partial charge is 0.443 e. The van der Waals surface area contributed by atoms with E-state index in [4.69, 9.17) is 0 Å². The quantitative estimate of drug-likeness (QED) is 0.830. The minimum atomic E-state index is -3.09. The van der Waals surface area contributed by atoms with Gasteiger partial charge in [-0.1, -0.05) is 12.1 Å². The Labute approximate surface area is 102 Å². The summed E-state index contributed by atoms with van der Waals surface area (Å²) in [5.74, 6) is -3.09. The lowest BCUT2D eigenvalue weighted by molar-refractivity contribution is -0.104. The first kappa shape index (κ1) is 12.2. The molecule has 1 aliphatic heterocycles. The summed E-state index contributed by atoms with van der Waals surface area (Å²) in [7, 11) is 0. The Kier molecular flexibility index (Phi) is 3.24. The van der Waals surface area contributed by atoms with E-state index in [9.17, 15) is 13.6 Å². The average Bonchev–Trinajstić information content (AvgIpc) is 2.33. The lowest BCUT2D eigenvalue weighted by atomic mass is 10.0. The predicted octanol–water partition coefficient (Wildman–Crippen LogP) is 2.82. The maximum absolute atomic E-state index is 13.6. The number of amides is 1. The lowest BCUT2D eigenvalue weighted by Crippen LogP contribution is -2.49. The van der Waals surface area contributed by atoms with Crippen LogP contribution in [0.1, 0.15) is 11.6 Å². The molecule has 0 aliphatic carbocycles. The summed E-state index contributed by atoms with van der Waals surface area (Å²) in [6.45, 7) is -0.881. The Morgan fingerprint density at radius 3 is 2.65 bits per heavy atom. The fraction of sp³-hybridized carbons (Fsp3) is 0.364. The number of halogens is 2. The zero-order valence-electron chi connectivity index (χ0n) is 9.07. The van der Waals surface area contributed by atoms with E-state index in [1.54, 1.807) is 24.3 Å². The van der Waals surface area contributed by atoms with Gasteiger partial charge in [-0.25, -0.2) is 13.6 Å². The summed E-state index contributed by atoms with van der Waals surface area (Å²) < 4.78 is 31.4. The lowest BCUT2D eigenvalue weighted by Gasteiger charge is -2.31. The highest BCUT2D eigenvalue weighted by atomic mass is 32.2. The van der Waals surface area contributed by atoms with E-state index < -0.39 is 24.7 Å². The van der Waals surface area contributed by atoms with Gasteiger partial charge in [-0.3, -0.25) is 0 Å². The van der Waals surface area contributed by atoms with Gasteiger partial charge in [0, 0.05) is 4.90 Å². The zero-order chi connectivity index (χ0) is 12.5. The molecule has 0 bridgehead atoms. The molecule has 1 fully saturated rings. The van der Waals surface area contributed by atoms with E-state index in [2.05, 4.69) is 10.1 Å². The molecule has 1 heterocycles. The Balaban J connectivity index is 2.26. The second-order valence-electron chi connectivity index (χ2n) is 3.69. The number of hydrogen-bond acceptors (Lipinski definition) is 3. The van der Waals surface area contributed by atoms with Crippen LogP contribution in [0.4, 0.5) is 13.6 Å². The van der Waals surface area contributed by atoms with Crippen LogP contribution in [-0.2, 0) is 4.74 Å². The van der Waals surface area contributed by atoms with Crippen molar-refractivity contribution in [1.29, 1.82) is 0 Å². The topological polar surface area (TPSA) is 38.3 Å². The first-order valence-electron chi connectivity index (χ1n) is 4.98. The van der Waals surface area contributed by atoms with Crippen LogP contribution in [0, 0.1) is 0 Å². The highest BCUT2D eigenvalue weighted by molar-refractivity contribution is 7.98. The van der Waals surface area contributed by atoms with Crippen molar-refractivity contribution in [2.45, 2.75) is 16.9 Å². The molecular formula is C11H11F2NO2S. The number of ether oxygens (including phenoxy) is 1. The predicted molar refractivity (Wildman–Crippen MR) is 60.4 cm³/mol. The summed E-state index contributed by atoms with van der Waals surface area (Å²) >= 11 is 1.53. The number of alkyl carbamates (subject to hydrolysis) is 1. The van der Waals surface area contributed by atoms with Crippen molar-refractivity contribution >= 4 is 17.9 Å². The minimum Gasteiger partial charge on any atom is -0.443 e. The van der Waals surface area contributed by atoms with E-state index >= 15 is 0 Å². The molecule has 6 heteroatoms. The monoisotopic (exact) mass is 259 g/mol. The van der Waals surface area contributed by atoms with Crippen LogP contribution >= 0.6 is 11.8 Å². The Bertz CT molecular complexity index is 422. The maximum Gasteiger partial charge on any atom is 0.408 e. The number of cyclic esters (lactones) is 1. The van der Waals surface area contributed by atoms with Crippen molar-refractivity contribution in [1.82, 2.24) is 5.32 Å². The van der Waals surface area contributed by atoms with Crippen molar-refractivity contribution in [3.63, 3.8) is 0 Å². The van der Waals surface area contributed by atoms with Gasteiger partial charge in [0.15, 0.2) is 6.61 Å². The molecular weight excluding hydrogens is 248 g/mol. The number of nitrogens with one attached hydrogen (secondary N) is 1. The molecule has 1 aromatic carbocycles. The van der Waals surface area contributed by atoms with Gasteiger partial charge in [0.05, 0.1) is 0 Å². The fourth-order valence-electron chi connectivity index (χ4n) is 1.63. The summed E-state index contributed by atoms with van der Waals surface area (Å²) in [4.78, 5) is 12.0. The van der Waals surface area contributed by atoms with Crippen LogP contribution in [0.15, 0.2) is 29.2 Å². The van der Waals surface area contributed by atoms with Crippen LogP contribution in [0.25, 0.3) is 0 Å². The zero-order valence-corrected chi connectivity index (χ0v) is 9.89. The van der Waals surface area contributed by atoms with Crippen LogP contribution < -0.4 is 5.32 Å². The number of carbonyl (C=O) groups is 1. The molecule has 0 spiro atoms. The highest BCUT2D eigenvalue weighted by Crippen LogP contribution is 2.34. The molecule has 1 aromatic rings. The Hall–Kier alpha value is -1.30. The van der Waals surface area contributed by atoms with Gasteiger partial charge >= 0.3 is 12.0 Å². The van der Waals surface area contributed by atoms with Gasteiger partial charge in [0.2, 0.25) is 0 Å². The number of alkyl halides is 2. The van der Waals surface area contributed by atoms with E-state index in [1.165, 1.54) is 11.8 Å². The molecule has 1 amide bonds. The van der Waals surface area contributed by atoms with E-state index in [0.717, 1.165) is 4.90 Å². The van der Waals surface area contributed by atoms with Gasteiger partial charge in [-0.2, -0.15) is 0 Å². The molecule has 0 saturated carbocycles. The molecule has 0 unspecified atom stereocenters. The average molecular weight is 259 g/mol.